The summed E-state index contributed by atoms with van der Waals surface area (Å²) in [6.07, 6.45) is 1.16. The quantitative estimate of drug-likeness (QED) is 0.914. The lowest BCUT2D eigenvalue weighted by molar-refractivity contribution is -0.122. The van der Waals surface area contributed by atoms with Crippen LogP contribution in [-0.4, -0.2) is 41.8 Å². The summed E-state index contributed by atoms with van der Waals surface area (Å²) < 4.78 is 6.19. The molecular weight excluding hydrogens is 336 g/mol. The third kappa shape index (κ3) is 3.45. The van der Waals surface area contributed by atoms with E-state index in [1.807, 2.05) is 41.8 Å². The average Bonchev–Trinajstić information content (AvgIpc) is 3.24. The van der Waals surface area contributed by atoms with Crippen LogP contribution in [0.15, 0.2) is 41.8 Å². The van der Waals surface area contributed by atoms with Gasteiger partial charge in [-0.05, 0) is 23.6 Å². The Morgan fingerprint density at radius 1 is 1.28 bits per heavy atom. The molecule has 25 heavy (non-hydrogen) atoms. The maximum atomic E-state index is 12.4. The van der Waals surface area contributed by atoms with E-state index < -0.39 is 5.60 Å². The number of hydrogen-bond donors (Lipinski definition) is 1. The van der Waals surface area contributed by atoms with Crippen LogP contribution in [0.5, 0.6) is 5.75 Å². The van der Waals surface area contributed by atoms with E-state index in [0.29, 0.717) is 37.4 Å². The Hall–Kier alpha value is -2.18. The minimum absolute atomic E-state index is 0.00739. The number of para-hydroxylation sites is 1. The maximum Gasteiger partial charge on any atom is 0.234 e. The summed E-state index contributed by atoms with van der Waals surface area (Å²) in [6.45, 7) is 2.28. The molecule has 3 heterocycles. The molecule has 1 aromatic heterocycles. The fourth-order valence-electron chi connectivity index (χ4n) is 3.59. The normalized spacial score (nSPS) is 22.6. The van der Waals surface area contributed by atoms with Gasteiger partial charge in [-0.15, -0.1) is 11.3 Å². The van der Waals surface area contributed by atoms with Crippen LogP contribution in [0.2, 0.25) is 0 Å². The van der Waals surface area contributed by atoms with Crippen LogP contribution in [0.25, 0.3) is 0 Å². The van der Waals surface area contributed by atoms with Crippen LogP contribution >= 0.6 is 11.3 Å². The largest absolute Gasteiger partial charge is 0.485 e. The summed E-state index contributed by atoms with van der Waals surface area (Å²) in [4.78, 5) is 27.8. The number of thiophene rings is 1. The van der Waals surface area contributed by atoms with Gasteiger partial charge in [-0.1, -0.05) is 18.2 Å². The number of amides is 1. The molecule has 1 fully saturated rings. The van der Waals surface area contributed by atoms with Gasteiger partial charge in [0.1, 0.15) is 11.4 Å². The van der Waals surface area contributed by atoms with Gasteiger partial charge in [-0.25, -0.2) is 0 Å². The second-order valence-electron chi connectivity index (χ2n) is 6.70. The van der Waals surface area contributed by atoms with Crippen molar-refractivity contribution in [3.63, 3.8) is 0 Å². The molecule has 1 saturated heterocycles. The number of benzene rings is 1. The van der Waals surface area contributed by atoms with Gasteiger partial charge in [0.25, 0.3) is 0 Å². The molecule has 0 unspecified atom stereocenters. The van der Waals surface area contributed by atoms with Crippen LogP contribution in [0.3, 0.4) is 0 Å². The van der Waals surface area contributed by atoms with Crippen molar-refractivity contribution < 1.29 is 14.3 Å². The summed E-state index contributed by atoms with van der Waals surface area (Å²) in [6, 6.07) is 11.4. The van der Waals surface area contributed by atoms with E-state index in [1.165, 1.54) is 0 Å². The molecule has 0 radical (unpaired) electrons. The molecule has 6 heteroatoms. The maximum absolute atomic E-state index is 12.4. The first-order valence-electron chi connectivity index (χ1n) is 8.46. The Bertz CT molecular complexity index is 790. The summed E-state index contributed by atoms with van der Waals surface area (Å²) >= 11 is 1.63. The van der Waals surface area contributed by atoms with Gasteiger partial charge in [0.15, 0.2) is 5.78 Å². The number of likely N-dealkylation sites (tertiary alicyclic amines) is 1. The van der Waals surface area contributed by atoms with Crippen molar-refractivity contribution in [2.75, 3.05) is 19.6 Å². The highest BCUT2D eigenvalue weighted by Crippen LogP contribution is 2.38. The molecule has 1 amide bonds. The Labute approximate surface area is 150 Å². The lowest BCUT2D eigenvalue weighted by atomic mass is 9.89. The summed E-state index contributed by atoms with van der Waals surface area (Å²) in [7, 11) is 0. The van der Waals surface area contributed by atoms with Crippen LogP contribution in [0.4, 0.5) is 0 Å². The number of rotatable bonds is 4. The first-order valence-corrected chi connectivity index (χ1v) is 9.34. The fourth-order valence-corrected chi connectivity index (χ4v) is 4.24. The molecular formula is C19H20N2O3S. The first-order chi connectivity index (χ1) is 12.1. The van der Waals surface area contributed by atoms with Crippen LogP contribution < -0.4 is 10.1 Å². The van der Waals surface area contributed by atoms with Crippen molar-refractivity contribution in [3.8, 4) is 5.75 Å². The van der Waals surface area contributed by atoms with Crippen molar-refractivity contribution in [2.45, 2.75) is 25.0 Å². The molecule has 2 aromatic rings. The second kappa shape index (κ2) is 6.61. The molecule has 0 saturated carbocycles. The second-order valence-corrected chi connectivity index (χ2v) is 7.73. The Morgan fingerprint density at radius 3 is 3.00 bits per heavy atom. The smallest absolute Gasteiger partial charge is 0.234 e. The SMILES string of the molecule is O=C(CN1CC[C@]2(CC(=O)c3ccccc3O2)C1)NCc1cccs1. The van der Waals surface area contributed by atoms with Crippen LogP contribution in [-0.2, 0) is 11.3 Å². The van der Waals surface area contributed by atoms with E-state index in [0.717, 1.165) is 17.8 Å². The number of Topliss-reactive ketones (excluding diaryl/α,β-unsaturated/α-hetero) is 1. The minimum atomic E-state index is -0.487. The molecule has 1 N–H and O–H groups in total. The number of carbonyl (C=O) groups is 2. The number of carbonyl (C=O) groups excluding carboxylic acids is 2. The average molecular weight is 356 g/mol. The summed E-state index contributed by atoms with van der Waals surface area (Å²) in [5.74, 6) is 0.807. The van der Waals surface area contributed by atoms with E-state index in [9.17, 15) is 9.59 Å². The van der Waals surface area contributed by atoms with Crippen molar-refractivity contribution >= 4 is 23.0 Å². The van der Waals surface area contributed by atoms with Gasteiger partial charge in [-0.3, -0.25) is 14.5 Å². The highest BCUT2D eigenvalue weighted by atomic mass is 32.1. The van der Waals surface area contributed by atoms with E-state index in [1.54, 1.807) is 11.3 Å². The number of fused-ring (bicyclic) bond motifs is 1. The number of ether oxygens (including phenoxy) is 1. The van der Waals surface area contributed by atoms with E-state index in [-0.39, 0.29) is 11.7 Å². The van der Waals surface area contributed by atoms with Crippen LogP contribution in [0.1, 0.15) is 28.1 Å². The molecule has 1 spiro atoms. The lowest BCUT2D eigenvalue weighted by Crippen LogP contribution is -2.45. The lowest BCUT2D eigenvalue weighted by Gasteiger charge is -2.34. The molecule has 4 rings (SSSR count). The molecule has 2 aliphatic rings. The number of ketones is 1. The predicted molar refractivity (Wildman–Crippen MR) is 96.0 cm³/mol. The van der Waals surface area contributed by atoms with E-state index >= 15 is 0 Å². The highest BCUT2D eigenvalue weighted by Gasteiger charge is 2.45. The first kappa shape index (κ1) is 16.3. The standard InChI is InChI=1S/C19H20N2O3S/c22-16-10-19(24-17-6-2-1-5-15(16)17)7-8-21(13-19)12-18(23)20-11-14-4-3-9-25-14/h1-6,9H,7-8,10-13H2,(H,20,23)/t19-/m0/s1. The summed E-state index contributed by atoms with van der Waals surface area (Å²) in [5.41, 5.74) is 0.180. The van der Waals surface area contributed by atoms with Gasteiger partial charge in [0.05, 0.1) is 25.1 Å². The molecule has 0 aliphatic carbocycles. The zero-order valence-corrected chi connectivity index (χ0v) is 14.7. The molecule has 1 atom stereocenters. The van der Waals surface area contributed by atoms with Crippen molar-refractivity contribution in [2.24, 2.45) is 0 Å². The Balaban J connectivity index is 1.35. The molecule has 2 aliphatic heterocycles. The Kier molecular flexibility index (Phi) is 4.31. The van der Waals surface area contributed by atoms with Crippen molar-refractivity contribution in [1.29, 1.82) is 0 Å². The highest BCUT2D eigenvalue weighted by molar-refractivity contribution is 7.09. The Morgan fingerprint density at radius 2 is 2.16 bits per heavy atom. The molecule has 0 bridgehead atoms. The van der Waals surface area contributed by atoms with Gasteiger partial charge < -0.3 is 10.1 Å². The van der Waals surface area contributed by atoms with Crippen molar-refractivity contribution in [1.82, 2.24) is 10.2 Å². The van der Waals surface area contributed by atoms with Gasteiger partial charge in [-0.2, -0.15) is 0 Å². The van der Waals surface area contributed by atoms with Gasteiger partial charge in [0.2, 0.25) is 5.91 Å². The fraction of sp³-hybridized carbons (Fsp3) is 0.368. The molecule has 130 valence electrons. The zero-order chi connectivity index (χ0) is 17.3. The molecule has 5 nitrogen and oxygen atoms in total. The van der Waals surface area contributed by atoms with E-state index in [2.05, 4.69) is 10.2 Å². The number of nitrogens with zero attached hydrogens (tertiary/aromatic N) is 1. The third-order valence-corrected chi connectivity index (χ3v) is 5.68. The van der Waals surface area contributed by atoms with Crippen LogP contribution in [0, 0.1) is 0 Å². The monoisotopic (exact) mass is 356 g/mol. The van der Waals surface area contributed by atoms with Gasteiger partial charge >= 0.3 is 0 Å². The zero-order valence-electron chi connectivity index (χ0n) is 13.9. The topological polar surface area (TPSA) is 58.6 Å². The van der Waals surface area contributed by atoms with E-state index in [4.69, 9.17) is 4.74 Å². The predicted octanol–water partition coefficient (Wildman–Crippen LogP) is 2.47. The third-order valence-electron chi connectivity index (χ3n) is 4.80. The van der Waals surface area contributed by atoms with Gasteiger partial charge in [0, 0.05) is 24.4 Å². The minimum Gasteiger partial charge on any atom is -0.485 e. The van der Waals surface area contributed by atoms with Crippen molar-refractivity contribution in [3.05, 3.63) is 52.2 Å². The number of hydrogen-bond acceptors (Lipinski definition) is 5. The summed E-state index contributed by atoms with van der Waals surface area (Å²) in [5, 5.41) is 4.95. The number of nitrogens with one attached hydrogen (secondary N) is 1. The molecule has 1 aromatic carbocycles.